The quantitative estimate of drug-likeness (QED) is 0.766. The lowest BCUT2D eigenvalue weighted by molar-refractivity contribution is 0.0990. The standard InChI is InChI=1S/C17H14FN3O4/c1-23-12-6-7-13(14(9-12)24-2)19-15(22)17-21-20-16(25-17)10-4-3-5-11(18)8-10/h3-9H,1-2H3,(H,19,22). The van der Waals surface area contributed by atoms with E-state index in [0.29, 0.717) is 22.7 Å². The van der Waals surface area contributed by atoms with Gasteiger partial charge < -0.3 is 19.2 Å². The summed E-state index contributed by atoms with van der Waals surface area (Å²) in [5, 5.41) is 10.1. The largest absolute Gasteiger partial charge is 0.497 e. The molecule has 25 heavy (non-hydrogen) atoms. The van der Waals surface area contributed by atoms with E-state index in [9.17, 15) is 9.18 Å². The number of aromatic nitrogens is 2. The van der Waals surface area contributed by atoms with Gasteiger partial charge in [0.1, 0.15) is 17.3 Å². The van der Waals surface area contributed by atoms with E-state index < -0.39 is 11.7 Å². The second-order valence-electron chi connectivity index (χ2n) is 4.94. The van der Waals surface area contributed by atoms with Gasteiger partial charge in [-0.25, -0.2) is 4.39 Å². The molecule has 0 saturated carbocycles. The summed E-state index contributed by atoms with van der Waals surface area (Å²) in [6.07, 6.45) is 0. The lowest BCUT2D eigenvalue weighted by Crippen LogP contribution is -2.13. The number of rotatable bonds is 5. The number of methoxy groups -OCH3 is 2. The van der Waals surface area contributed by atoms with Crippen LogP contribution < -0.4 is 14.8 Å². The maximum Gasteiger partial charge on any atom is 0.313 e. The molecule has 3 rings (SSSR count). The van der Waals surface area contributed by atoms with E-state index in [1.54, 1.807) is 24.3 Å². The SMILES string of the molecule is COc1ccc(NC(=O)c2nnc(-c3cccc(F)c3)o2)c(OC)c1. The van der Waals surface area contributed by atoms with Gasteiger partial charge in [0.25, 0.3) is 0 Å². The van der Waals surface area contributed by atoms with Crippen LogP contribution in [0, 0.1) is 5.82 Å². The van der Waals surface area contributed by atoms with Crippen LogP contribution in [0.5, 0.6) is 11.5 Å². The van der Waals surface area contributed by atoms with Gasteiger partial charge in [-0.3, -0.25) is 4.79 Å². The molecule has 7 nitrogen and oxygen atoms in total. The molecular weight excluding hydrogens is 329 g/mol. The first-order chi connectivity index (χ1) is 12.1. The van der Waals surface area contributed by atoms with Crippen molar-refractivity contribution < 1.29 is 23.1 Å². The monoisotopic (exact) mass is 343 g/mol. The molecule has 3 aromatic rings. The van der Waals surface area contributed by atoms with Crippen molar-refractivity contribution >= 4 is 11.6 Å². The number of carbonyl (C=O) groups is 1. The van der Waals surface area contributed by atoms with Gasteiger partial charge in [-0.1, -0.05) is 6.07 Å². The van der Waals surface area contributed by atoms with Gasteiger partial charge in [0.05, 0.1) is 19.9 Å². The molecule has 8 heteroatoms. The Morgan fingerprint density at radius 2 is 1.96 bits per heavy atom. The molecule has 1 heterocycles. The van der Waals surface area contributed by atoms with Gasteiger partial charge in [-0.05, 0) is 30.3 Å². The molecule has 1 aromatic heterocycles. The Morgan fingerprint density at radius 3 is 2.68 bits per heavy atom. The molecule has 1 amide bonds. The summed E-state index contributed by atoms with van der Waals surface area (Å²) in [4.78, 5) is 12.3. The Kier molecular flexibility index (Phi) is 4.60. The molecule has 0 spiro atoms. The van der Waals surface area contributed by atoms with Crippen molar-refractivity contribution in [3.8, 4) is 23.0 Å². The molecule has 1 N–H and O–H groups in total. The van der Waals surface area contributed by atoms with Crippen molar-refractivity contribution in [2.24, 2.45) is 0 Å². The van der Waals surface area contributed by atoms with Crippen LogP contribution in [0.3, 0.4) is 0 Å². The Morgan fingerprint density at radius 1 is 1.12 bits per heavy atom. The van der Waals surface area contributed by atoms with Crippen molar-refractivity contribution in [3.05, 3.63) is 54.2 Å². The number of nitrogens with zero attached hydrogens (tertiary/aromatic N) is 2. The number of amides is 1. The number of anilines is 1. The van der Waals surface area contributed by atoms with Crippen molar-refractivity contribution in [2.45, 2.75) is 0 Å². The zero-order valence-corrected chi connectivity index (χ0v) is 13.4. The fraction of sp³-hybridized carbons (Fsp3) is 0.118. The van der Waals surface area contributed by atoms with Crippen LogP contribution in [0.4, 0.5) is 10.1 Å². The van der Waals surface area contributed by atoms with Crippen LogP contribution in [0.2, 0.25) is 0 Å². The molecule has 2 aromatic carbocycles. The summed E-state index contributed by atoms with van der Waals surface area (Å²) in [6.45, 7) is 0. The third-order valence-corrected chi connectivity index (χ3v) is 3.35. The van der Waals surface area contributed by atoms with Gasteiger partial charge in [0.15, 0.2) is 0 Å². The number of ether oxygens (including phenoxy) is 2. The van der Waals surface area contributed by atoms with Crippen LogP contribution >= 0.6 is 0 Å². The summed E-state index contributed by atoms with van der Waals surface area (Å²) in [5.74, 6) is -0.259. The van der Waals surface area contributed by atoms with Crippen LogP contribution in [0.15, 0.2) is 46.9 Å². The molecule has 0 aliphatic carbocycles. The Balaban J connectivity index is 1.81. The first-order valence-electron chi connectivity index (χ1n) is 7.23. The normalized spacial score (nSPS) is 10.4. The highest BCUT2D eigenvalue weighted by molar-refractivity contribution is 6.01. The van der Waals surface area contributed by atoms with Crippen LogP contribution in [0.25, 0.3) is 11.5 Å². The molecule has 0 fully saturated rings. The maximum atomic E-state index is 13.3. The first-order valence-corrected chi connectivity index (χ1v) is 7.23. The van der Waals surface area contributed by atoms with Gasteiger partial charge in [-0.15, -0.1) is 10.2 Å². The number of hydrogen-bond donors (Lipinski definition) is 1. The van der Waals surface area contributed by atoms with Gasteiger partial charge in [0.2, 0.25) is 5.89 Å². The molecular formula is C17H14FN3O4. The maximum absolute atomic E-state index is 13.3. The lowest BCUT2D eigenvalue weighted by Gasteiger charge is -2.10. The highest BCUT2D eigenvalue weighted by Crippen LogP contribution is 2.29. The van der Waals surface area contributed by atoms with Crippen molar-refractivity contribution in [1.82, 2.24) is 10.2 Å². The number of halogens is 1. The van der Waals surface area contributed by atoms with Gasteiger partial charge in [0, 0.05) is 11.6 Å². The van der Waals surface area contributed by atoms with E-state index in [0.717, 1.165) is 0 Å². The van der Waals surface area contributed by atoms with Gasteiger partial charge >= 0.3 is 11.8 Å². The molecule has 0 saturated heterocycles. The topological polar surface area (TPSA) is 86.5 Å². The average molecular weight is 343 g/mol. The number of carbonyl (C=O) groups excluding carboxylic acids is 1. The summed E-state index contributed by atoms with van der Waals surface area (Å²) in [6, 6.07) is 10.6. The summed E-state index contributed by atoms with van der Waals surface area (Å²) in [7, 11) is 3.00. The molecule has 0 aliphatic rings. The predicted molar refractivity (Wildman–Crippen MR) is 87.2 cm³/mol. The minimum atomic E-state index is -0.612. The predicted octanol–water partition coefficient (Wildman–Crippen LogP) is 3.15. The molecule has 0 atom stereocenters. The van der Waals surface area contributed by atoms with E-state index in [2.05, 4.69) is 15.5 Å². The van der Waals surface area contributed by atoms with Crippen molar-refractivity contribution in [3.63, 3.8) is 0 Å². The second kappa shape index (κ2) is 7.00. The van der Waals surface area contributed by atoms with Crippen LogP contribution in [-0.2, 0) is 0 Å². The summed E-state index contributed by atoms with van der Waals surface area (Å²) in [5.41, 5.74) is 0.799. The third-order valence-electron chi connectivity index (χ3n) is 3.35. The summed E-state index contributed by atoms with van der Waals surface area (Å²) < 4.78 is 28.9. The Bertz CT molecular complexity index is 910. The minimum Gasteiger partial charge on any atom is -0.497 e. The first kappa shape index (κ1) is 16.4. The van der Waals surface area contributed by atoms with Crippen molar-refractivity contribution in [1.29, 1.82) is 0 Å². The lowest BCUT2D eigenvalue weighted by atomic mass is 10.2. The van der Waals surface area contributed by atoms with E-state index in [1.807, 2.05) is 0 Å². The minimum absolute atomic E-state index is 0.0475. The number of hydrogen-bond acceptors (Lipinski definition) is 6. The average Bonchev–Trinajstić information content (AvgIpc) is 3.12. The molecule has 0 aliphatic heterocycles. The van der Waals surface area contributed by atoms with E-state index in [1.165, 1.54) is 32.4 Å². The smallest absolute Gasteiger partial charge is 0.313 e. The van der Waals surface area contributed by atoms with E-state index in [-0.39, 0.29) is 11.8 Å². The fourth-order valence-electron chi connectivity index (χ4n) is 2.13. The second-order valence-corrected chi connectivity index (χ2v) is 4.94. The van der Waals surface area contributed by atoms with Crippen LogP contribution in [0.1, 0.15) is 10.7 Å². The molecule has 0 bridgehead atoms. The molecule has 0 radical (unpaired) electrons. The summed E-state index contributed by atoms with van der Waals surface area (Å²) >= 11 is 0. The zero-order chi connectivity index (χ0) is 17.8. The fourth-order valence-corrected chi connectivity index (χ4v) is 2.13. The number of nitrogens with one attached hydrogen (secondary N) is 1. The highest BCUT2D eigenvalue weighted by atomic mass is 19.1. The van der Waals surface area contributed by atoms with E-state index >= 15 is 0 Å². The van der Waals surface area contributed by atoms with Crippen molar-refractivity contribution in [2.75, 3.05) is 19.5 Å². The van der Waals surface area contributed by atoms with Gasteiger partial charge in [-0.2, -0.15) is 0 Å². The Hall–Kier alpha value is -3.42. The zero-order valence-electron chi connectivity index (χ0n) is 13.4. The third kappa shape index (κ3) is 3.57. The van der Waals surface area contributed by atoms with E-state index in [4.69, 9.17) is 13.9 Å². The number of benzene rings is 2. The van der Waals surface area contributed by atoms with Crippen LogP contribution in [-0.4, -0.2) is 30.3 Å². The molecule has 0 unspecified atom stereocenters. The highest BCUT2D eigenvalue weighted by Gasteiger charge is 2.18. The molecule has 128 valence electrons. The Labute approximate surface area is 142 Å².